The highest BCUT2D eigenvalue weighted by Gasteiger charge is 2.13. The molecule has 1 fully saturated rings. The molecule has 18 heavy (non-hydrogen) atoms. The second-order valence-electron chi connectivity index (χ2n) is 4.23. The van der Waals surface area contributed by atoms with Gasteiger partial charge in [-0.25, -0.2) is 9.78 Å². The summed E-state index contributed by atoms with van der Waals surface area (Å²) >= 11 is 1.44. The number of thiazole rings is 1. The van der Waals surface area contributed by atoms with Crippen molar-refractivity contribution in [3.63, 3.8) is 0 Å². The van der Waals surface area contributed by atoms with Crippen LogP contribution in [0.3, 0.4) is 0 Å². The maximum absolute atomic E-state index is 11.4. The molecular formula is C12H19N3O2S. The highest BCUT2D eigenvalue weighted by atomic mass is 32.1. The lowest BCUT2D eigenvalue weighted by Crippen LogP contribution is -2.25. The average Bonchev–Trinajstić information content (AvgIpc) is 3.00. The Morgan fingerprint density at radius 2 is 2.33 bits per heavy atom. The Labute approximate surface area is 111 Å². The Bertz CT molecular complexity index is 388. The van der Waals surface area contributed by atoms with Crippen LogP contribution in [0.4, 0.5) is 5.13 Å². The second-order valence-corrected chi connectivity index (χ2v) is 5.09. The van der Waals surface area contributed by atoms with Crippen molar-refractivity contribution in [2.45, 2.75) is 19.8 Å². The van der Waals surface area contributed by atoms with Gasteiger partial charge < -0.3 is 15.0 Å². The van der Waals surface area contributed by atoms with E-state index in [2.05, 4.69) is 15.2 Å². The Morgan fingerprint density at radius 3 is 3.06 bits per heavy atom. The first-order chi connectivity index (χ1) is 8.79. The molecule has 2 rings (SSSR count). The fourth-order valence-electron chi connectivity index (χ4n) is 1.98. The molecule has 0 aliphatic carbocycles. The number of aromatic nitrogens is 1. The lowest BCUT2D eigenvalue weighted by Gasteiger charge is -2.14. The normalized spacial score (nSPS) is 15.8. The number of ether oxygens (including phenoxy) is 1. The molecule has 1 aliphatic rings. The molecule has 1 aromatic rings. The predicted molar refractivity (Wildman–Crippen MR) is 72.2 cm³/mol. The topological polar surface area (TPSA) is 54.5 Å². The third kappa shape index (κ3) is 3.68. The van der Waals surface area contributed by atoms with E-state index >= 15 is 0 Å². The van der Waals surface area contributed by atoms with Crippen LogP contribution >= 0.6 is 11.3 Å². The molecule has 2 heterocycles. The third-order valence-electron chi connectivity index (χ3n) is 2.89. The van der Waals surface area contributed by atoms with Crippen LogP contribution in [0.5, 0.6) is 0 Å². The van der Waals surface area contributed by atoms with Crippen molar-refractivity contribution in [3.8, 4) is 0 Å². The van der Waals surface area contributed by atoms with E-state index in [-0.39, 0.29) is 5.97 Å². The van der Waals surface area contributed by atoms with Gasteiger partial charge in [0.25, 0.3) is 0 Å². The summed E-state index contributed by atoms with van der Waals surface area (Å²) in [5.74, 6) is -0.346. The number of likely N-dealkylation sites (tertiary alicyclic amines) is 1. The van der Waals surface area contributed by atoms with E-state index in [1.807, 2.05) is 0 Å². The Hall–Kier alpha value is -1.14. The highest BCUT2D eigenvalue weighted by molar-refractivity contribution is 7.13. The van der Waals surface area contributed by atoms with Crippen molar-refractivity contribution in [2.75, 3.05) is 38.1 Å². The van der Waals surface area contributed by atoms with Crippen LogP contribution < -0.4 is 5.32 Å². The minimum atomic E-state index is -0.346. The predicted octanol–water partition coefficient (Wildman–Crippen LogP) is 1.83. The van der Waals surface area contributed by atoms with E-state index in [1.54, 1.807) is 12.3 Å². The summed E-state index contributed by atoms with van der Waals surface area (Å²) in [5, 5.41) is 5.77. The Kier molecular flexibility index (Phi) is 4.95. The van der Waals surface area contributed by atoms with E-state index in [0.29, 0.717) is 12.3 Å². The van der Waals surface area contributed by atoms with Crippen LogP contribution in [0.25, 0.3) is 0 Å². The first-order valence-corrected chi connectivity index (χ1v) is 7.26. The maximum Gasteiger partial charge on any atom is 0.357 e. The van der Waals surface area contributed by atoms with Crippen LogP contribution in [0.15, 0.2) is 5.38 Å². The standard InChI is InChI=1S/C12H19N3O2S/c1-2-17-11(16)10-9-18-12(14-10)13-5-8-15-6-3-4-7-15/h9H,2-8H2,1H3,(H,13,14). The van der Waals surface area contributed by atoms with Gasteiger partial charge in [0.15, 0.2) is 10.8 Å². The van der Waals surface area contributed by atoms with Crippen molar-refractivity contribution in [1.82, 2.24) is 9.88 Å². The lowest BCUT2D eigenvalue weighted by molar-refractivity contribution is 0.0520. The molecule has 6 heteroatoms. The van der Waals surface area contributed by atoms with Crippen molar-refractivity contribution in [3.05, 3.63) is 11.1 Å². The Balaban J connectivity index is 1.74. The van der Waals surface area contributed by atoms with E-state index in [0.717, 1.165) is 18.2 Å². The van der Waals surface area contributed by atoms with E-state index < -0.39 is 0 Å². The molecule has 0 amide bonds. The number of nitrogens with zero attached hydrogens (tertiary/aromatic N) is 2. The molecular weight excluding hydrogens is 250 g/mol. The maximum atomic E-state index is 11.4. The summed E-state index contributed by atoms with van der Waals surface area (Å²) < 4.78 is 4.90. The molecule has 0 atom stereocenters. The fourth-order valence-corrected chi connectivity index (χ4v) is 2.69. The summed E-state index contributed by atoms with van der Waals surface area (Å²) in [4.78, 5) is 18.1. The summed E-state index contributed by atoms with van der Waals surface area (Å²) in [6.45, 7) is 6.49. The molecule has 1 saturated heterocycles. The van der Waals surface area contributed by atoms with Gasteiger partial charge in [-0.15, -0.1) is 11.3 Å². The van der Waals surface area contributed by atoms with E-state index in [1.165, 1.54) is 37.3 Å². The number of nitrogens with one attached hydrogen (secondary N) is 1. The van der Waals surface area contributed by atoms with E-state index in [9.17, 15) is 4.79 Å². The molecule has 0 spiro atoms. The minimum Gasteiger partial charge on any atom is -0.461 e. The number of carbonyl (C=O) groups is 1. The van der Waals surface area contributed by atoms with Crippen molar-refractivity contribution in [2.24, 2.45) is 0 Å². The smallest absolute Gasteiger partial charge is 0.357 e. The second kappa shape index (κ2) is 6.70. The molecule has 5 nitrogen and oxygen atoms in total. The zero-order chi connectivity index (χ0) is 12.8. The van der Waals surface area contributed by atoms with Gasteiger partial charge in [-0.1, -0.05) is 0 Å². The molecule has 0 aromatic carbocycles. The van der Waals surface area contributed by atoms with Crippen LogP contribution in [0.1, 0.15) is 30.3 Å². The molecule has 0 saturated carbocycles. The van der Waals surface area contributed by atoms with Crippen molar-refractivity contribution in [1.29, 1.82) is 0 Å². The summed E-state index contributed by atoms with van der Waals surface area (Å²) in [6, 6.07) is 0. The fraction of sp³-hybridized carbons (Fsp3) is 0.667. The van der Waals surface area contributed by atoms with Gasteiger partial charge in [-0.05, 0) is 32.9 Å². The summed E-state index contributed by atoms with van der Waals surface area (Å²) in [5.41, 5.74) is 0.394. The molecule has 1 N–H and O–H groups in total. The summed E-state index contributed by atoms with van der Waals surface area (Å²) in [6.07, 6.45) is 2.62. The van der Waals surface area contributed by atoms with Gasteiger partial charge in [-0.2, -0.15) is 0 Å². The first-order valence-electron chi connectivity index (χ1n) is 6.38. The number of carbonyl (C=O) groups excluding carboxylic acids is 1. The van der Waals surface area contributed by atoms with Gasteiger partial charge >= 0.3 is 5.97 Å². The van der Waals surface area contributed by atoms with Crippen LogP contribution in [0.2, 0.25) is 0 Å². The number of anilines is 1. The monoisotopic (exact) mass is 269 g/mol. The largest absolute Gasteiger partial charge is 0.461 e. The molecule has 0 radical (unpaired) electrons. The number of rotatable bonds is 6. The number of esters is 1. The van der Waals surface area contributed by atoms with Crippen molar-refractivity contribution < 1.29 is 9.53 Å². The lowest BCUT2D eigenvalue weighted by atomic mass is 10.4. The van der Waals surface area contributed by atoms with Gasteiger partial charge in [-0.3, -0.25) is 0 Å². The van der Waals surface area contributed by atoms with Crippen LogP contribution in [-0.4, -0.2) is 48.6 Å². The molecule has 1 aliphatic heterocycles. The van der Waals surface area contributed by atoms with Gasteiger partial charge in [0.2, 0.25) is 0 Å². The third-order valence-corrected chi connectivity index (χ3v) is 3.69. The molecule has 0 unspecified atom stereocenters. The summed E-state index contributed by atoms with van der Waals surface area (Å²) in [7, 11) is 0. The van der Waals surface area contributed by atoms with Gasteiger partial charge in [0, 0.05) is 18.5 Å². The number of hydrogen-bond acceptors (Lipinski definition) is 6. The quantitative estimate of drug-likeness (QED) is 0.798. The zero-order valence-corrected chi connectivity index (χ0v) is 11.5. The van der Waals surface area contributed by atoms with Gasteiger partial charge in [0.1, 0.15) is 0 Å². The molecule has 1 aromatic heterocycles. The zero-order valence-electron chi connectivity index (χ0n) is 10.6. The van der Waals surface area contributed by atoms with E-state index in [4.69, 9.17) is 4.74 Å². The highest BCUT2D eigenvalue weighted by Crippen LogP contribution is 2.16. The van der Waals surface area contributed by atoms with Crippen molar-refractivity contribution >= 4 is 22.4 Å². The average molecular weight is 269 g/mol. The SMILES string of the molecule is CCOC(=O)c1csc(NCCN2CCCC2)n1. The number of hydrogen-bond donors (Lipinski definition) is 1. The molecule has 100 valence electrons. The minimum absolute atomic E-state index is 0.346. The Morgan fingerprint density at radius 1 is 1.56 bits per heavy atom. The van der Waals surface area contributed by atoms with Crippen LogP contribution in [-0.2, 0) is 4.74 Å². The van der Waals surface area contributed by atoms with Crippen LogP contribution in [0, 0.1) is 0 Å². The van der Waals surface area contributed by atoms with Gasteiger partial charge in [0.05, 0.1) is 6.61 Å². The molecule has 0 bridgehead atoms. The first kappa shape index (κ1) is 13.3.